The minimum absolute atomic E-state index is 0.0356. The Morgan fingerprint density at radius 3 is 2.67 bits per heavy atom. The monoisotopic (exact) mass is 382 g/mol. The van der Waals surface area contributed by atoms with E-state index >= 15 is 0 Å². The zero-order valence-corrected chi connectivity index (χ0v) is 15.4. The molecule has 1 aliphatic rings. The number of rotatable bonds is 3. The van der Waals surface area contributed by atoms with E-state index in [1.807, 2.05) is 25.1 Å². The fraction of sp³-hybridized carbons (Fsp3) is 0.333. The maximum absolute atomic E-state index is 11.6. The molecule has 1 aliphatic carbocycles. The van der Waals surface area contributed by atoms with E-state index in [4.69, 9.17) is 45.5 Å². The van der Waals surface area contributed by atoms with Crippen molar-refractivity contribution in [3.63, 3.8) is 0 Å². The number of carbonyl (C=O) groups is 1. The van der Waals surface area contributed by atoms with E-state index in [1.54, 1.807) is 6.07 Å². The SMILES string of the molecule is C[C@H](c1ccc2c(n1)CCCC2C(N)=O)c1ccc(Cl)c(Cl)c1Cl. The molecule has 0 aliphatic heterocycles. The van der Waals surface area contributed by atoms with Crippen LogP contribution in [0.4, 0.5) is 0 Å². The Labute approximate surface area is 156 Å². The number of nitrogens with two attached hydrogens (primary N) is 1. The van der Waals surface area contributed by atoms with Crippen molar-refractivity contribution in [2.24, 2.45) is 5.73 Å². The third-order valence-corrected chi connectivity index (χ3v) is 5.94. The first kappa shape index (κ1) is 17.5. The minimum Gasteiger partial charge on any atom is -0.369 e. The Kier molecular flexibility index (Phi) is 5.05. The first-order valence-corrected chi connectivity index (χ1v) is 8.96. The standard InChI is InChI=1S/C18H17Cl3N2O/c1-9(10-5-7-13(19)17(21)16(10)20)14-8-6-11-12(18(22)24)3-2-4-15(11)23-14/h5-9,12H,2-4H2,1H3,(H2,22,24)/t9-,12?/m0/s1. The molecule has 0 saturated carbocycles. The van der Waals surface area contributed by atoms with Gasteiger partial charge in [-0.05, 0) is 42.5 Å². The van der Waals surface area contributed by atoms with E-state index in [2.05, 4.69) is 0 Å². The van der Waals surface area contributed by atoms with Gasteiger partial charge in [-0.1, -0.05) is 53.9 Å². The first-order chi connectivity index (χ1) is 11.4. The maximum atomic E-state index is 11.6. The highest BCUT2D eigenvalue weighted by molar-refractivity contribution is 6.48. The van der Waals surface area contributed by atoms with E-state index in [9.17, 15) is 4.79 Å². The molecule has 0 radical (unpaired) electrons. The van der Waals surface area contributed by atoms with E-state index in [1.165, 1.54) is 0 Å². The molecule has 1 heterocycles. The highest BCUT2D eigenvalue weighted by Gasteiger charge is 2.26. The van der Waals surface area contributed by atoms with Gasteiger partial charge in [0.2, 0.25) is 5.91 Å². The number of aryl methyl sites for hydroxylation is 1. The van der Waals surface area contributed by atoms with E-state index in [0.29, 0.717) is 15.1 Å². The molecule has 1 amide bonds. The highest BCUT2D eigenvalue weighted by atomic mass is 35.5. The summed E-state index contributed by atoms with van der Waals surface area (Å²) in [6.45, 7) is 2.02. The van der Waals surface area contributed by atoms with Crippen LogP contribution in [-0.4, -0.2) is 10.9 Å². The number of nitrogens with zero attached hydrogens (tertiary/aromatic N) is 1. The summed E-state index contributed by atoms with van der Waals surface area (Å²) in [6, 6.07) is 7.51. The Bertz CT molecular complexity index is 807. The molecule has 1 unspecified atom stereocenters. The van der Waals surface area contributed by atoms with Gasteiger partial charge in [0.05, 0.1) is 21.0 Å². The molecule has 1 aromatic heterocycles. The number of hydrogen-bond donors (Lipinski definition) is 1. The lowest BCUT2D eigenvalue weighted by Crippen LogP contribution is -2.26. The molecule has 126 valence electrons. The number of benzene rings is 1. The summed E-state index contributed by atoms with van der Waals surface area (Å²) in [5.41, 5.74) is 9.17. The van der Waals surface area contributed by atoms with Gasteiger partial charge in [0.25, 0.3) is 0 Å². The van der Waals surface area contributed by atoms with Gasteiger partial charge in [-0.25, -0.2) is 0 Å². The lowest BCUT2D eigenvalue weighted by atomic mass is 9.84. The van der Waals surface area contributed by atoms with Crippen LogP contribution in [0.25, 0.3) is 0 Å². The number of pyridine rings is 1. The second-order valence-electron chi connectivity index (χ2n) is 6.11. The van der Waals surface area contributed by atoms with Crippen molar-refractivity contribution >= 4 is 40.7 Å². The van der Waals surface area contributed by atoms with Crippen molar-refractivity contribution in [1.82, 2.24) is 4.98 Å². The topological polar surface area (TPSA) is 56.0 Å². The average molecular weight is 384 g/mol. The van der Waals surface area contributed by atoms with Crippen molar-refractivity contribution in [2.45, 2.75) is 38.0 Å². The molecule has 2 atom stereocenters. The number of fused-ring (bicyclic) bond motifs is 1. The van der Waals surface area contributed by atoms with Gasteiger partial charge in [0.1, 0.15) is 0 Å². The fourth-order valence-corrected chi connectivity index (χ4v) is 3.95. The molecule has 0 saturated heterocycles. The van der Waals surface area contributed by atoms with E-state index < -0.39 is 0 Å². The van der Waals surface area contributed by atoms with Crippen LogP contribution in [0, 0.1) is 0 Å². The molecule has 0 bridgehead atoms. The van der Waals surface area contributed by atoms with Gasteiger partial charge in [0, 0.05) is 17.3 Å². The summed E-state index contributed by atoms with van der Waals surface area (Å²) in [5.74, 6) is -0.559. The largest absolute Gasteiger partial charge is 0.369 e. The Morgan fingerprint density at radius 1 is 1.21 bits per heavy atom. The van der Waals surface area contributed by atoms with Gasteiger partial charge < -0.3 is 5.73 Å². The predicted molar refractivity (Wildman–Crippen MR) is 98.1 cm³/mol. The van der Waals surface area contributed by atoms with Crippen LogP contribution in [0.3, 0.4) is 0 Å². The van der Waals surface area contributed by atoms with E-state index in [-0.39, 0.29) is 17.7 Å². The first-order valence-electron chi connectivity index (χ1n) is 7.82. The van der Waals surface area contributed by atoms with Crippen LogP contribution in [0.5, 0.6) is 0 Å². The molecular weight excluding hydrogens is 367 g/mol. The summed E-state index contributed by atoms with van der Waals surface area (Å²) < 4.78 is 0. The van der Waals surface area contributed by atoms with Crippen molar-refractivity contribution in [2.75, 3.05) is 0 Å². The highest BCUT2D eigenvalue weighted by Crippen LogP contribution is 2.39. The molecule has 2 N–H and O–H groups in total. The number of aromatic nitrogens is 1. The second kappa shape index (κ2) is 6.91. The van der Waals surface area contributed by atoms with Crippen molar-refractivity contribution in [3.05, 3.63) is 61.8 Å². The third-order valence-electron chi connectivity index (χ3n) is 4.63. The molecule has 3 rings (SSSR count). The molecule has 2 aromatic rings. The lowest BCUT2D eigenvalue weighted by Gasteiger charge is -2.24. The summed E-state index contributed by atoms with van der Waals surface area (Å²) >= 11 is 18.5. The Balaban J connectivity index is 1.99. The number of carbonyl (C=O) groups excluding carboxylic acids is 1. The lowest BCUT2D eigenvalue weighted by molar-refractivity contribution is -0.119. The van der Waals surface area contributed by atoms with Crippen LogP contribution >= 0.6 is 34.8 Å². The van der Waals surface area contributed by atoms with Crippen molar-refractivity contribution in [1.29, 1.82) is 0 Å². The van der Waals surface area contributed by atoms with Gasteiger partial charge in [0.15, 0.2) is 0 Å². The van der Waals surface area contributed by atoms with Crippen molar-refractivity contribution < 1.29 is 4.79 Å². The summed E-state index contributed by atoms with van der Waals surface area (Å²) in [4.78, 5) is 16.4. The molecule has 3 nitrogen and oxygen atoms in total. The van der Waals surface area contributed by atoms with Crippen molar-refractivity contribution in [3.8, 4) is 0 Å². The van der Waals surface area contributed by atoms with Gasteiger partial charge in [-0.2, -0.15) is 0 Å². The summed E-state index contributed by atoms with van der Waals surface area (Å²) in [7, 11) is 0. The Hall–Kier alpha value is -1.29. The van der Waals surface area contributed by atoms with Gasteiger partial charge >= 0.3 is 0 Å². The molecule has 1 aromatic carbocycles. The molecule has 6 heteroatoms. The van der Waals surface area contributed by atoms with Gasteiger partial charge in [-0.3, -0.25) is 9.78 Å². The average Bonchev–Trinajstić information content (AvgIpc) is 2.58. The Morgan fingerprint density at radius 2 is 1.96 bits per heavy atom. The number of amides is 1. The number of halogens is 3. The quantitative estimate of drug-likeness (QED) is 0.750. The smallest absolute Gasteiger partial charge is 0.225 e. The molecular formula is C18H17Cl3N2O. The maximum Gasteiger partial charge on any atom is 0.225 e. The van der Waals surface area contributed by atoms with E-state index in [0.717, 1.165) is 41.8 Å². The minimum atomic E-state index is -0.286. The third kappa shape index (κ3) is 3.13. The van der Waals surface area contributed by atoms with Crippen LogP contribution in [0.2, 0.25) is 15.1 Å². The molecule has 0 spiro atoms. The fourth-order valence-electron chi connectivity index (χ4n) is 3.25. The van der Waals surface area contributed by atoms with Crippen LogP contribution in [0.15, 0.2) is 24.3 Å². The zero-order valence-electron chi connectivity index (χ0n) is 13.2. The van der Waals surface area contributed by atoms with Crippen LogP contribution in [0.1, 0.15) is 54.1 Å². The number of hydrogen-bond acceptors (Lipinski definition) is 2. The van der Waals surface area contributed by atoms with Gasteiger partial charge in [-0.15, -0.1) is 0 Å². The summed E-state index contributed by atoms with van der Waals surface area (Å²) in [6.07, 6.45) is 2.56. The van der Waals surface area contributed by atoms with Crippen LogP contribution in [-0.2, 0) is 11.2 Å². The zero-order chi connectivity index (χ0) is 17.4. The molecule has 0 fully saturated rings. The predicted octanol–water partition coefficient (Wildman–Crippen LogP) is 5.10. The normalized spacial score (nSPS) is 18.1. The number of primary amides is 1. The second-order valence-corrected chi connectivity index (χ2v) is 7.27. The molecule has 24 heavy (non-hydrogen) atoms. The van der Waals surface area contributed by atoms with Crippen LogP contribution < -0.4 is 5.73 Å². The summed E-state index contributed by atoms with van der Waals surface area (Å²) in [5, 5.41) is 1.24.